The van der Waals surface area contributed by atoms with Crippen molar-refractivity contribution in [2.75, 3.05) is 13.1 Å². The van der Waals surface area contributed by atoms with Crippen molar-refractivity contribution in [3.8, 4) is 17.1 Å². The second kappa shape index (κ2) is 10.6. The Labute approximate surface area is 207 Å². The SMILES string of the molecule is CC(C)(C)OC(=O)N[C@H](CN1C[C@H](Oc2cccc(-c3ccccc3)n2)C[C@H]1C(=O)O)C(C)(C)C. The molecule has 0 bridgehead atoms. The van der Waals surface area contributed by atoms with E-state index in [1.165, 1.54) is 0 Å². The summed E-state index contributed by atoms with van der Waals surface area (Å²) in [5, 5.41) is 12.8. The van der Waals surface area contributed by atoms with Crippen LogP contribution in [0.5, 0.6) is 5.88 Å². The number of carboxylic acid groups (broad SMARTS) is 1. The molecule has 3 rings (SSSR count). The van der Waals surface area contributed by atoms with Gasteiger partial charge in [0.05, 0.1) is 5.69 Å². The maximum absolute atomic E-state index is 12.5. The van der Waals surface area contributed by atoms with Gasteiger partial charge in [-0.3, -0.25) is 9.69 Å². The van der Waals surface area contributed by atoms with Gasteiger partial charge in [0.15, 0.2) is 0 Å². The van der Waals surface area contributed by atoms with Gasteiger partial charge in [-0.15, -0.1) is 0 Å². The highest BCUT2D eigenvalue weighted by Gasteiger charge is 2.41. The van der Waals surface area contributed by atoms with E-state index < -0.39 is 23.7 Å². The molecule has 1 aromatic heterocycles. The van der Waals surface area contributed by atoms with Gasteiger partial charge in [0.25, 0.3) is 0 Å². The van der Waals surface area contributed by atoms with E-state index in [1.54, 1.807) is 6.07 Å². The highest BCUT2D eigenvalue weighted by molar-refractivity contribution is 5.74. The zero-order chi connectivity index (χ0) is 25.8. The summed E-state index contributed by atoms with van der Waals surface area (Å²) >= 11 is 0. The lowest BCUT2D eigenvalue weighted by molar-refractivity contribution is -0.142. The van der Waals surface area contributed by atoms with Crippen LogP contribution in [0.2, 0.25) is 0 Å². The van der Waals surface area contributed by atoms with Gasteiger partial charge >= 0.3 is 12.1 Å². The first-order chi connectivity index (χ1) is 16.3. The Morgan fingerprint density at radius 2 is 1.77 bits per heavy atom. The van der Waals surface area contributed by atoms with Gasteiger partial charge < -0.3 is 19.9 Å². The average molecular weight is 484 g/mol. The van der Waals surface area contributed by atoms with Crippen LogP contribution >= 0.6 is 0 Å². The standard InChI is InChI=1S/C27H37N3O5/c1-26(2,3)22(29-25(33)35-27(4,5)6)17-30-16-19(15-21(30)24(31)32)34-23-14-10-13-20(28-23)18-11-8-7-9-12-18/h7-14,19,21-22H,15-17H2,1-6H3,(H,29,33)(H,31,32)/t19-,21+,22-/m1/s1. The summed E-state index contributed by atoms with van der Waals surface area (Å²) in [4.78, 5) is 31.0. The van der Waals surface area contributed by atoms with Gasteiger partial charge in [-0.1, -0.05) is 57.2 Å². The third-order valence-electron chi connectivity index (χ3n) is 5.88. The molecule has 1 aliphatic heterocycles. The van der Waals surface area contributed by atoms with Crippen molar-refractivity contribution in [1.82, 2.24) is 15.2 Å². The Morgan fingerprint density at radius 3 is 2.37 bits per heavy atom. The van der Waals surface area contributed by atoms with Gasteiger partial charge in [0.2, 0.25) is 5.88 Å². The Morgan fingerprint density at radius 1 is 1.09 bits per heavy atom. The average Bonchev–Trinajstić information content (AvgIpc) is 3.14. The lowest BCUT2D eigenvalue weighted by Gasteiger charge is -2.36. The number of carboxylic acids is 1. The van der Waals surface area contributed by atoms with Crippen LogP contribution in [-0.2, 0) is 9.53 Å². The molecule has 190 valence electrons. The Balaban J connectivity index is 1.71. The van der Waals surface area contributed by atoms with Crippen LogP contribution in [0.3, 0.4) is 0 Å². The molecule has 1 fully saturated rings. The predicted octanol–water partition coefficient (Wildman–Crippen LogP) is 4.59. The van der Waals surface area contributed by atoms with E-state index in [1.807, 2.05) is 88.9 Å². The zero-order valence-electron chi connectivity index (χ0n) is 21.4. The Hall–Kier alpha value is -3.13. The van der Waals surface area contributed by atoms with Crippen molar-refractivity contribution in [3.63, 3.8) is 0 Å². The number of carbonyl (C=O) groups excluding carboxylic acids is 1. The van der Waals surface area contributed by atoms with Crippen LogP contribution in [0, 0.1) is 5.41 Å². The molecule has 1 amide bonds. The number of rotatable bonds is 7. The minimum atomic E-state index is -0.910. The molecule has 1 saturated heterocycles. The van der Waals surface area contributed by atoms with Crippen LogP contribution in [0.15, 0.2) is 48.5 Å². The number of hydrogen-bond acceptors (Lipinski definition) is 6. The first-order valence-corrected chi connectivity index (χ1v) is 12.0. The number of likely N-dealkylation sites (tertiary alicyclic amines) is 1. The summed E-state index contributed by atoms with van der Waals surface area (Å²) in [6.45, 7) is 12.2. The van der Waals surface area contributed by atoms with Crippen molar-refractivity contribution in [2.24, 2.45) is 5.41 Å². The zero-order valence-corrected chi connectivity index (χ0v) is 21.4. The second-order valence-corrected chi connectivity index (χ2v) is 11.1. The number of carbonyl (C=O) groups is 2. The molecule has 0 unspecified atom stereocenters. The number of benzene rings is 1. The summed E-state index contributed by atoms with van der Waals surface area (Å²) < 4.78 is 11.6. The maximum atomic E-state index is 12.5. The van der Waals surface area contributed by atoms with E-state index >= 15 is 0 Å². The van der Waals surface area contributed by atoms with Crippen molar-refractivity contribution in [2.45, 2.75) is 71.8 Å². The molecule has 2 N–H and O–H groups in total. The van der Waals surface area contributed by atoms with Crippen molar-refractivity contribution in [1.29, 1.82) is 0 Å². The molecule has 0 aliphatic carbocycles. The number of aliphatic carboxylic acids is 1. The third-order valence-corrected chi connectivity index (χ3v) is 5.88. The fraction of sp³-hybridized carbons (Fsp3) is 0.519. The van der Waals surface area contributed by atoms with Crippen LogP contribution < -0.4 is 10.1 Å². The topological polar surface area (TPSA) is 101 Å². The number of ether oxygens (including phenoxy) is 2. The molecule has 0 radical (unpaired) electrons. The van der Waals surface area contributed by atoms with E-state index in [-0.39, 0.29) is 17.6 Å². The smallest absolute Gasteiger partial charge is 0.407 e. The highest BCUT2D eigenvalue weighted by Crippen LogP contribution is 2.28. The van der Waals surface area contributed by atoms with Gasteiger partial charge in [0, 0.05) is 37.2 Å². The molecule has 2 heterocycles. The van der Waals surface area contributed by atoms with Crippen LogP contribution in [0.4, 0.5) is 4.79 Å². The van der Waals surface area contributed by atoms with E-state index in [9.17, 15) is 14.7 Å². The summed E-state index contributed by atoms with van der Waals surface area (Å²) in [7, 11) is 0. The number of pyridine rings is 1. The molecule has 3 atom stereocenters. The maximum Gasteiger partial charge on any atom is 0.407 e. The van der Waals surface area contributed by atoms with Gasteiger partial charge in [-0.25, -0.2) is 9.78 Å². The molecule has 0 saturated carbocycles. The molecule has 2 aromatic rings. The Bertz CT molecular complexity index is 1010. The minimum Gasteiger partial charge on any atom is -0.480 e. The molecule has 8 heteroatoms. The van der Waals surface area contributed by atoms with Gasteiger partial charge in [-0.2, -0.15) is 0 Å². The lowest BCUT2D eigenvalue weighted by atomic mass is 9.86. The highest BCUT2D eigenvalue weighted by atomic mass is 16.6. The third kappa shape index (κ3) is 7.68. The lowest BCUT2D eigenvalue weighted by Crippen LogP contribution is -2.53. The first kappa shape index (κ1) is 26.5. The number of aromatic nitrogens is 1. The number of alkyl carbamates (subject to hydrolysis) is 1. The van der Waals surface area contributed by atoms with Gasteiger partial charge in [-0.05, 0) is 32.3 Å². The predicted molar refractivity (Wildman–Crippen MR) is 134 cm³/mol. The summed E-state index contributed by atoms with van der Waals surface area (Å²) in [6, 6.07) is 14.4. The first-order valence-electron chi connectivity index (χ1n) is 12.0. The molecule has 1 aromatic carbocycles. The summed E-state index contributed by atoms with van der Waals surface area (Å²) in [5.41, 5.74) is 0.840. The normalized spacial score (nSPS) is 19.7. The van der Waals surface area contributed by atoms with E-state index in [0.717, 1.165) is 11.3 Å². The Kier molecular flexibility index (Phi) is 8.05. The van der Waals surface area contributed by atoms with Gasteiger partial charge in [0.1, 0.15) is 17.7 Å². The molecule has 0 spiro atoms. The molecular formula is C27H37N3O5. The quantitative estimate of drug-likeness (QED) is 0.594. The summed E-state index contributed by atoms with van der Waals surface area (Å²) in [6.07, 6.45) is -0.523. The van der Waals surface area contributed by atoms with Crippen LogP contribution in [0.1, 0.15) is 48.0 Å². The number of hydrogen-bond donors (Lipinski definition) is 2. The second-order valence-electron chi connectivity index (χ2n) is 11.1. The van der Waals surface area contributed by atoms with E-state index in [4.69, 9.17) is 9.47 Å². The number of amides is 1. The van der Waals surface area contributed by atoms with Crippen molar-refractivity contribution < 1.29 is 24.2 Å². The van der Waals surface area contributed by atoms with Crippen LogP contribution in [0.25, 0.3) is 11.3 Å². The van der Waals surface area contributed by atoms with E-state index in [0.29, 0.717) is 25.4 Å². The fourth-order valence-corrected chi connectivity index (χ4v) is 4.05. The summed E-state index contributed by atoms with van der Waals surface area (Å²) in [5.74, 6) is -0.450. The minimum absolute atomic E-state index is 0.315. The van der Waals surface area contributed by atoms with Crippen LogP contribution in [-0.4, -0.2) is 63.9 Å². The van der Waals surface area contributed by atoms with E-state index in [2.05, 4.69) is 10.3 Å². The number of nitrogens with one attached hydrogen (secondary N) is 1. The molecule has 8 nitrogen and oxygen atoms in total. The van der Waals surface area contributed by atoms with Crippen molar-refractivity contribution in [3.05, 3.63) is 48.5 Å². The fourth-order valence-electron chi connectivity index (χ4n) is 4.05. The van der Waals surface area contributed by atoms with Crippen molar-refractivity contribution >= 4 is 12.1 Å². The number of nitrogens with zero attached hydrogens (tertiary/aromatic N) is 2. The molecular weight excluding hydrogens is 446 g/mol. The molecule has 1 aliphatic rings. The largest absolute Gasteiger partial charge is 0.480 e. The molecule has 35 heavy (non-hydrogen) atoms. The monoisotopic (exact) mass is 483 g/mol.